The third-order valence-electron chi connectivity index (χ3n) is 11.2. The van der Waals surface area contributed by atoms with Crippen molar-refractivity contribution >= 4 is 5.78 Å². The molecule has 178 valence electrons. The fourth-order valence-corrected chi connectivity index (χ4v) is 9.18. The van der Waals surface area contributed by atoms with E-state index in [0.717, 1.165) is 56.3 Å². The standard InChI is InChI=1S/C28H48O3/c1-17(2)24(30)10-7-18(3)21-8-9-22-26-23(12-14-28(21,22)5)27(4)13-11-20(29)15-19(27)16-25(26)31-6/h17-19,21-26,30H,7-16H2,1-6H3/t18?,19-,21-,22?,23?,24-,25-,26?,27+,28-/m1/s1. The number of Topliss-reactive ketones (excluding diaryl/α,β-unsaturated/α-hetero) is 1. The van der Waals surface area contributed by atoms with Crippen LogP contribution in [0.5, 0.6) is 0 Å². The zero-order valence-corrected chi connectivity index (χ0v) is 21.0. The molecule has 10 atom stereocenters. The lowest BCUT2D eigenvalue weighted by Crippen LogP contribution is -2.58. The quantitative estimate of drug-likeness (QED) is 0.538. The zero-order valence-electron chi connectivity index (χ0n) is 21.0. The Morgan fingerprint density at radius 2 is 1.74 bits per heavy atom. The van der Waals surface area contributed by atoms with Crippen LogP contribution in [0.25, 0.3) is 0 Å². The fourth-order valence-electron chi connectivity index (χ4n) is 9.18. The molecule has 4 aliphatic carbocycles. The lowest BCUT2D eigenvalue weighted by molar-refractivity contribution is -0.175. The van der Waals surface area contributed by atoms with Gasteiger partial charge in [0.25, 0.3) is 0 Å². The van der Waals surface area contributed by atoms with Gasteiger partial charge in [-0.1, -0.05) is 34.6 Å². The summed E-state index contributed by atoms with van der Waals surface area (Å²) in [6.45, 7) is 11.8. The van der Waals surface area contributed by atoms with Crippen molar-refractivity contribution in [2.24, 2.45) is 52.3 Å². The van der Waals surface area contributed by atoms with Crippen LogP contribution in [0.4, 0.5) is 0 Å². The number of carbonyl (C=O) groups is 1. The first-order valence-electron chi connectivity index (χ1n) is 13.3. The van der Waals surface area contributed by atoms with Crippen LogP contribution in [0, 0.1) is 52.3 Å². The molecule has 31 heavy (non-hydrogen) atoms. The highest BCUT2D eigenvalue weighted by atomic mass is 16.5. The molecule has 0 bridgehead atoms. The minimum atomic E-state index is -0.162. The van der Waals surface area contributed by atoms with E-state index in [-0.39, 0.29) is 6.10 Å². The Balaban J connectivity index is 1.53. The van der Waals surface area contributed by atoms with Gasteiger partial charge in [-0.05, 0) is 104 Å². The van der Waals surface area contributed by atoms with Crippen molar-refractivity contribution in [1.29, 1.82) is 0 Å². The van der Waals surface area contributed by atoms with Crippen molar-refractivity contribution in [2.45, 2.75) is 111 Å². The average molecular weight is 433 g/mol. The largest absolute Gasteiger partial charge is 0.393 e. The van der Waals surface area contributed by atoms with Crippen molar-refractivity contribution in [3.05, 3.63) is 0 Å². The van der Waals surface area contributed by atoms with Gasteiger partial charge in [0.15, 0.2) is 0 Å². The smallest absolute Gasteiger partial charge is 0.133 e. The van der Waals surface area contributed by atoms with Crippen molar-refractivity contribution in [2.75, 3.05) is 7.11 Å². The predicted molar refractivity (Wildman–Crippen MR) is 126 cm³/mol. The van der Waals surface area contributed by atoms with Gasteiger partial charge in [0.1, 0.15) is 5.78 Å². The number of rotatable bonds is 6. The molecule has 0 saturated heterocycles. The summed E-state index contributed by atoms with van der Waals surface area (Å²) in [6.07, 6.45) is 11.4. The number of hydrogen-bond acceptors (Lipinski definition) is 3. The monoisotopic (exact) mass is 432 g/mol. The molecular formula is C28H48O3. The molecule has 4 saturated carbocycles. The SMILES string of the molecule is CO[C@@H]1C[C@H]2CC(=O)CC[C@]2(C)C2CC[C@@]3(C)C(CC[C@@H]3C(C)CC[C@@H](O)C(C)C)C21. The van der Waals surface area contributed by atoms with Gasteiger partial charge in [-0.15, -0.1) is 0 Å². The first-order chi connectivity index (χ1) is 14.6. The lowest BCUT2D eigenvalue weighted by Gasteiger charge is -2.62. The van der Waals surface area contributed by atoms with E-state index in [1.54, 1.807) is 0 Å². The Kier molecular flexibility index (Phi) is 6.70. The minimum absolute atomic E-state index is 0.162. The van der Waals surface area contributed by atoms with Crippen LogP contribution in [0.3, 0.4) is 0 Å². The number of methoxy groups -OCH3 is 1. The van der Waals surface area contributed by atoms with E-state index in [9.17, 15) is 9.90 Å². The predicted octanol–water partition coefficient (Wildman–Crippen LogP) is 6.27. The number of carbonyl (C=O) groups excluding carboxylic acids is 1. The first kappa shape index (κ1) is 23.7. The third-order valence-corrected chi connectivity index (χ3v) is 11.2. The van der Waals surface area contributed by atoms with Gasteiger partial charge in [-0.3, -0.25) is 4.79 Å². The fraction of sp³-hybridized carbons (Fsp3) is 0.964. The molecule has 0 aromatic carbocycles. The second kappa shape index (κ2) is 8.75. The molecule has 0 aromatic rings. The second-order valence-corrected chi connectivity index (χ2v) is 12.8. The highest BCUT2D eigenvalue weighted by Crippen LogP contribution is 2.68. The summed E-state index contributed by atoms with van der Waals surface area (Å²) in [5.74, 6) is 4.96. The lowest BCUT2D eigenvalue weighted by atomic mass is 9.43. The van der Waals surface area contributed by atoms with E-state index >= 15 is 0 Å². The van der Waals surface area contributed by atoms with Gasteiger partial charge >= 0.3 is 0 Å². The van der Waals surface area contributed by atoms with Crippen LogP contribution in [-0.4, -0.2) is 30.2 Å². The highest BCUT2D eigenvalue weighted by Gasteiger charge is 2.63. The summed E-state index contributed by atoms with van der Waals surface area (Å²) >= 11 is 0. The number of ether oxygens (including phenoxy) is 1. The molecule has 3 nitrogen and oxygen atoms in total. The Morgan fingerprint density at radius 3 is 2.42 bits per heavy atom. The van der Waals surface area contributed by atoms with E-state index < -0.39 is 0 Å². The first-order valence-corrected chi connectivity index (χ1v) is 13.3. The van der Waals surface area contributed by atoms with Crippen molar-refractivity contribution in [3.63, 3.8) is 0 Å². The molecule has 0 amide bonds. The maximum atomic E-state index is 12.3. The topological polar surface area (TPSA) is 46.5 Å². The van der Waals surface area contributed by atoms with Gasteiger partial charge in [0, 0.05) is 20.0 Å². The molecule has 4 aliphatic rings. The zero-order chi connectivity index (χ0) is 22.6. The van der Waals surface area contributed by atoms with Crippen molar-refractivity contribution in [1.82, 2.24) is 0 Å². The summed E-state index contributed by atoms with van der Waals surface area (Å²) in [6, 6.07) is 0. The van der Waals surface area contributed by atoms with E-state index in [0.29, 0.717) is 46.4 Å². The second-order valence-electron chi connectivity index (χ2n) is 12.8. The maximum Gasteiger partial charge on any atom is 0.133 e. The number of ketones is 1. The number of aliphatic hydroxyl groups excluding tert-OH is 1. The van der Waals surface area contributed by atoms with E-state index in [1.165, 1.54) is 25.7 Å². The molecule has 0 aromatic heterocycles. The summed E-state index contributed by atoms with van der Waals surface area (Å²) in [4.78, 5) is 12.3. The van der Waals surface area contributed by atoms with Crippen LogP contribution in [-0.2, 0) is 9.53 Å². The summed E-state index contributed by atoms with van der Waals surface area (Å²) in [7, 11) is 1.92. The van der Waals surface area contributed by atoms with E-state index in [1.807, 2.05) is 7.11 Å². The molecule has 1 N–H and O–H groups in total. The highest BCUT2D eigenvalue weighted by molar-refractivity contribution is 5.79. The van der Waals surface area contributed by atoms with Crippen LogP contribution in [0.1, 0.15) is 98.8 Å². The Hall–Kier alpha value is -0.410. The minimum Gasteiger partial charge on any atom is -0.393 e. The molecule has 0 aliphatic heterocycles. The molecule has 0 radical (unpaired) electrons. The van der Waals surface area contributed by atoms with E-state index in [4.69, 9.17) is 4.74 Å². The van der Waals surface area contributed by atoms with Crippen molar-refractivity contribution in [3.8, 4) is 0 Å². The van der Waals surface area contributed by atoms with Crippen LogP contribution in [0.15, 0.2) is 0 Å². The number of hydrogen-bond donors (Lipinski definition) is 1. The Bertz CT molecular complexity index is 659. The summed E-state index contributed by atoms with van der Waals surface area (Å²) in [5, 5.41) is 10.4. The summed E-state index contributed by atoms with van der Waals surface area (Å²) in [5.41, 5.74) is 0.744. The Labute approximate surface area is 191 Å². The Morgan fingerprint density at radius 1 is 1.03 bits per heavy atom. The molecule has 0 spiro atoms. The van der Waals surface area contributed by atoms with Gasteiger partial charge < -0.3 is 9.84 Å². The average Bonchev–Trinajstić information content (AvgIpc) is 3.09. The number of fused-ring (bicyclic) bond motifs is 5. The molecule has 3 heteroatoms. The van der Waals surface area contributed by atoms with Gasteiger partial charge in [-0.2, -0.15) is 0 Å². The molecular weight excluding hydrogens is 384 g/mol. The maximum absolute atomic E-state index is 12.3. The van der Waals surface area contributed by atoms with E-state index in [2.05, 4.69) is 34.6 Å². The van der Waals surface area contributed by atoms with Gasteiger partial charge in [-0.25, -0.2) is 0 Å². The van der Waals surface area contributed by atoms with Gasteiger partial charge in [0.05, 0.1) is 12.2 Å². The van der Waals surface area contributed by atoms with Crippen LogP contribution in [0.2, 0.25) is 0 Å². The molecule has 4 rings (SSSR count). The van der Waals surface area contributed by atoms with Crippen LogP contribution >= 0.6 is 0 Å². The van der Waals surface area contributed by atoms with Crippen LogP contribution < -0.4 is 0 Å². The summed E-state index contributed by atoms with van der Waals surface area (Å²) < 4.78 is 6.20. The molecule has 4 unspecified atom stereocenters. The van der Waals surface area contributed by atoms with Gasteiger partial charge in [0.2, 0.25) is 0 Å². The molecule has 4 fully saturated rings. The number of aliphatic hydroxyl groups is 1. The molecule has 0 heterocycles. The normalized spacial score (nSPS) is 46.9. The third kappa shape index (κ3) is 3.94. The van der Waals surface area contributed by atoms with Crippen molar-refractivity contribution < 1.29 is 14.6 Å².